The number of pyridine rings is 1. The number of ether oxygens (including phenoxy) is 1. The number of hydrogen-bond donors (Lipinski definition) is 1. The SMILES string of the molecule is O=C(/C=C/c1ccc(Oc2cccnc2)c(F)c1)N1CCCC1c1nc2ccccc2[nH]1. The topological polar surface area (TPSA) is 71.1 Å². The first-order chi connectivity index (χ1) is 15.7. The van der Waals surface area contributed by atoms with Crippen molar-refractivity contribution >= 4 is 23.0 Å². The highest BCUT2D eigenvalue weighted by Crippen LogP contribution is 2.32. The van der Waals surface area contributed by atoms with Crippen molar-refractivity contribution in [3.05, 3.63) is 90.3 Å². The second-order valence-corrected chi connectivity index (χ2v) is 7.64. The van der Waals surface area contributed by atoms with Crippen LogP contribution in [0.2, 0.25) is 0 Å². The molecule has 0 aliphatic carbocycles. The zero-order valence-electron chi connectivity index (χ0n) is 17.2. The monoisotopic (exact) mass is 428 g/mol. The van der Waals surface area contributed by atoms with Gasteiger partial charge in [0.1, 0.15) is 11.6 Å². The Bertz CT molecular complexity index is 1250. The second kappa shape index (κ2) is 8.63. The van der Waals surface area contributed by atoms with Crippen molar-refractivity contribution in [3.63, 3.8) is 0 Å². The van der Waals surface area contributed by atoms with Crippen LogP contribution in [0.4, 0.5) is 4.39 Å². The Morgan fingerprint density at radius 2 is 2.09 bits per heavy atom. The van der Waals surface area contributed by atoms with Gasteiger partial charge in [0.25, 0.3) is 0 Å². The quantitative estimate of drug-likeness (QED) is 0.440. The number of carbonyl (C=O) groups is 1. The van der Waals surface area contributed by atoms with E-state index in [4.69, 9.17) is 4.74 Å². The smallest absolute Gasteiger partial charge is 0.247 e. The molecule has 1 N–H and O–H groups in total. The lowest BCUT2D eigenvalue weighted by Crippen LogP contribution is -2.29. The standard InChI is InChI=1S/C25H21FN4O2/c26-19-15-17(9-11-23(19)32-18-5-3-13-27-16-18)10-12-24(31)30-14-4-8-22(30)25-28-20-6-1-2-7-21(20)29-25/h1-3,5-7,9-13,15-16,22H,4,8,14H2,(H,28,29)/b12-10+. The fraction of sp³-hybridized carbons (Fsp3) is 0.160. The Morgan fingerprint density at radius 3 is 2.91 bits per heavy atom. The average Bonchev–Trinajstić information content (AvgIpc) is 3.47. The maximum atomic E-state index is 14.5. The molecular formula is C25H21FN4O2. The molecule has 1 atom stereocenters. The molecule has 160 valence electrons. The number of amides is 1. The summed E-state index contributed by atoms with van der Waals surface area (Å²) >= 11 is 0. The summed E-state index contributed by atoms with van der Waals surface area (Å²) in [6, 6.07) is 15.7. The van der Waals surface area contributed by atoms with E-state index in [1.807, 2.05) is 29.2 Å². The van der Waals surface area contributed by atoms with Gasteiger partial charge in [0, 0.05) is 18.8 Å². The Morgan fingerprint density at radius 1 is 1.19 bits per heavy atom. The van der Waals surface area contributed by atoms with E-state index >= 15 is 0 Å². The summed E-state index contributed by atoms with van der Waals surface area (Å²) in [7, 11) is 0. The van der Waals surface area contributed by atoms with Crippen LogP contribution in [-0.4, -0.2) is 32.3 Å². The highest BCUT2D eigenvalue weighted by atomic mass is 19.1. The first-order valence-corrected chi connectivity index (χ1v) is 10.5. The minimum Gasteiger partial charge on any atom is -0.453 e. The second-order valence-electron chi connectivity index (χ2n) is 7.64. The number of para-hydroxylation sites is 2. The lowest BCUT2D eigenvalue weighted by atomic mass is 10.2. The van der Waals surface area contributed by atoms with E-state index in [1.54, 1.807) is 36.5 Å². The van der Waals surface area contributed by atoms with Crippen molar-refractivity contribution < 1.29 is 13.9 Å². The van der Waals surface area contributed by atoms with E-state index in [0.29, 0.717) is 17.9 Å². The van der Waals surface area contributed by atoms with E-state index in [0.717, 1.165) is 29.7 Å². The number of aromatic nitrogens is 3. The number of H-pyrrole nitrogens is 1. The van der Waals surface area contributed by atoms with Gasteiger partial charge in [0.05, 0.1) is 23.3 Å². The van der Waals surface area contributed by atoms with E-state index in [-0.39, 0.29) is 17.7 Å². The summed E-state index contributed by atoms with van der Waals surface area (Å²) in [5.74, 6) is 0.726. The van der Waals surface area contributed by atoms with Crippen LogP contribution in [0.15, 0.2) is 73.1 Å². The lowest BCUT2D eigenvalue weighted by Gasteiger charge is -2.21. The molecule has 1 amide bonds. The van der Waals surface area contributed by atoms with Crippen molar-refractivity contribution in [2.75, 3.05) is 6.54 Å². The summed E-state index contributed by atoms with van der Waals surface area (Å²) in [5.41, 5.74) is 2.43. The predicted octanol–water partition coefficient (Wildman–Crippen LogP) is 5.27. The number of aromatic amines is 1. The van der Waals surface area contributed by atoms with Crippen molar-refractivity contribution in [1.82, 2.24) is 19.9 Å². The normalized spacial score (nSPS) is 16.2. The number of fused-ring (bicyclic) bond motifs is 1. The maximum Gasteiger partial charge on any atom is 0.247 e. The number of nitrogens with zero attached hydrogens (tertiary/aromatic N) is 3. The first-order valence-electron chi connectivity index (χ1n) is 10.5. The molecule has 0 saturated carbocycles. The molecule has 6 nitrogen and oxygen atoms in total. The average molecular weight is 428 g/mol. The number of halogens is 1. The van der Waals surface area contributed by atoms with Crippen LogP contribution in [0, 0.1) is 5.82 Å². The molecule has 1 saturated heterocycles. The maximum absolute atomic E-state index is 14.5. The van der Waals surface area contributed by atoms with E-state index in [2.05, 4.69) is 15.0 Å². The third-order valence-corrected chi connectivity index (χ3v) is 5.50. The molecule has 0 bridgehead atoms. The molecule has 4 aromatic rings. The van der Waals surface area contributed by atoms with Gasteiger partial charge in [-0.2, -0.15) is 0 Å². The van der Waals surface area contributed by atoms with Gasteiger partial charge < -0.3 is 14.6 Å². The van der Waals surface area contributed by atoms with Crippen molar-refractivity contribution in [3.8, 4) is 11.5 Å². The van der Waals surface area contributed by atoms with E-state index in [9.17, 15) is 9.18 Å². The van der Waals surface area contributed by atoms with Crippen LogP contribution in [0.5, 0.6) is 11.5 Å². The van der Waals surface area contributed by atoms with Crippen LogP contribution in [0.3, 0.4) is 0 Å². The Labute approximate surface area is 184 Å². The Kier molecular flexibility index (Phi) is 5.37. The van der Waals surface area contributed by atoms with Gasteiger partial charge >= 0.3 is 0 Å². The Hall–Kier alpha value is -4.00. The minimum absolute atomic E-state index is 0.0912. The molecular weight excluding hydrogens is 407 g/mol. The number of imidazole rings is 1. The minimum atomic E-state index is -0.509. The third kappa shape index (κ3) is 4.09. The van der Waals surface area contributed by atoms with Gasteiger partial charge in [0.2, 0.25) is 5.91 Å². The predicted molar refractivity (Wildman–Crippen MR) is 120 cm³/mol. The van der Waals surface area contributed by atoms with Gasteiger partial charge in [-0.05, 0) is 60.9 Å². The van der Waals surface area contributed by atoms with Crippen molar-refractivity contribution in [1.29, 1.82) is 0 Å². The highest BCUT2D eigenvalue weighted by Gasteiger charge is 2.31. The van der Waals surface area contributed by atoms with Crippen LogP contribution in [-0.2, 0) is 4.79 Å². The Balaban J connectivity index is 1.29. The van der Waals surface area contributed by atoms with Crippen molar-refractivity contribution in [2.45, 2.75) is 18.9 Å². The van der Waals surface area contributed by atoms with E-state index < -0.39 is 5.82 Å². The number of carbonyl (C=O) groups excluding carboxylic acids is 1. The van der Waals surface area contributed by atoms with Crippen LogP contribution in [0.25, 0.3) is 17.1 Å². The number of likely N-dealkylation sites (tertiary alicyclic amines) is 1. The number of nitrogens with one attached hydrogen (secondary N) is 1. The molecule has 0 radical (unpaired) electrons. The summed E-state index contributed by atoms with van der Waals surface area (Å²) in [5, 5.41) is 0. The molecule has 7 heteroatoms. The number of benzene rings is 2. The summed E-state index contributed by atoms with van der Waals surface area (Å²) in [6.07, 6.45) is 8.00. The van der Waals surface area contributed by atoms with Gasteiger partial charge in [0.15, 0.2) is 11.6 Å². The first kappa shape index (κ1) is 19.9. The fourth-order valence-electron chi connectivity index (χ4n) is 3.95. The summed E-state index contributed by atoms with van der Waals surface area (Å²) in [6.45, 7) is 0.664. The van der Waals surface area contributed by atoms with Crippen LogP contribution < -0.4 is 4.74 Å². The molecule has 1 unspecified atom stereocenters. The number of hydrogen-bond acceptors (Lipinski definition) is 4. The molecule has 0 spiro atoms. The fourth-order valence-corrected chi connectivity index (χ4v) is 3.95. The molecule has 32 heavy (non-hydrogen) atoms. The summed E-state index contributed by atoms with van der Waals surface area (Å²) in [4.78, 5) is 26.6. The number of rotatable bonds is 5. The molecule has 2 aromatic carbocycles. The van der Waals surface area contributed by atoms with Gasteiger partial charge in [-0.1, -0.05) is 18.2 Å². The third-order valence-electron chi connectivity index (χ3n) is 5.50. The van der Waals surface area contributed by atoms with Gasteiger partial charge in [-0.25, -0.2) is 9.37 Å². The molecule has 3 heterocycles. The molecule has 5 rings (SSSR count). The molecule has 1 aliphatic rings. The highest BCUT2D eigenvalue weighted by molar-refractivity contribution is 5.92. The van der Waals surface area contributed by atoms with Gasteiger partial charge in [-0.3, -0.25) is 9.78 Å². The lowest BCUT2D eigenvalue weighted by molar-refractivity contribution is -0.126. The van der Waals surface area contributed by atoms with Crippen LogP contribution in [0.1, 0.15) is 30.3 Å². The zero-order valence-corrected chi connectivity index (χ0v) is 17.2. The molecule has 1 fully saturated rings. The van der Waals surface area contributed by atoms with Crippen LogP contribution >= 0.6 is 0 Å². The van der Waals surface area contributed by atoms with E-state index in [1.165, 1.54) is 18.3 Å². The summed E-state index contributed by atoms with van der Waals surface area (Å²) < 4.78 is 20.0. The van der Waals surface area contributed by atoms with Crippen molar-refractivity contribution in [2.24, 2.45) is 0 Å². The molecule has 1 aliphatic heterocycles. The molecule has 2 aromatic heterocycles. The largest absolute Gasteiger partial charge is 0.453 e. The zero-order chi connectivity index (χ0) is 21.9. The van der Waals surface area contributed by atoms with Gasteiger partial charge in [-0.15, -0.1) is 0 Å².